The number of carbonyl (C=O) groups excluding carboxylic acids is 4. The summed E-state index contributed by atoms with van der Waals surface area (Å²) in [6.45, 7) is 0.901. The molecule has 0 bridgehead atoms. The van der Waals surface area contributed by atoms with E-state index in [9.17, 15) is 32.3 Å². The van der Waals surface area contributed by atoms with Crippen LogP contribution < -0.4 is 14.8 Å². The van der Waals surface area contributed by atoms with Gasteiger partial charge >= 0.3 is 5.97 Å². The molecule has 190 valence electrons. The van der Waals surface area contributed by atoms with E-state index in [0.717, 1.165) is 6.07 Å². The van der Waals surface area contributed by atoms with E-state index >= 15 is 0 Å². The molecule has 3 rings (SSSR count). The number of halogens is 3. The number of amides is 3. The summed E-state index contributed by atoms with van der Waals surface area (Å²) in [4.78, 5) is 49.2. The lowest BCUT2D eigenvalue weighted by molar-refractivity contribution is -0.143. The van der Waals surface area contributed by atoms with E-state index in [1.165, 1.54) is 25.3 Å². The lowest BCUT2D eigenvalue weighted by Gasteiger charge is -2.13. The molecule has 9 nitrogen and oxygen atoms in total. The number of esters is 1. The highest BCUT2D eigenvalue weighted by molar-refractivity contribution is 8.18. The molecule has 1 fully saturated rings. The summed E-state index contributed by atoms with van der Waals surface area (Å²) < 4.78 is 55.6. The average Bonchev–Trinajstić information content (AvgIpc) is 3.11. The molecular formula is C23H19F3N2O7S. The maximum absolute atomic E-state index is 13.8. The first-order valence-corrected chi connectivity index (χ1v) is 11.1. The molecule has 0 radical (unpaired) electrons. The van der Waals surface area contributed by atoms with Gasteiger partial charge in [-0.1, -0.05) is 6.07 Å². The molecule has 2 aromatic carbocycles. The van der Waals surface area contributed by atoms with Crippen LogP contribution in [0.3, 0.4) is 0 Å². The van der Waals surface area contributed by atoms with Gasteiger partial charge in [0, 0.05) is 0 Å². The molecule has 0 atom stereocenters. The molecule has 0 spiro atoms. The molecule has 2 aromatic rings. The predicted molar refractivity (Wildman–Crippen MR) is 123 cm³/mol. The van der Waals surface area contributed by atoms with Crippen LogP contribution in [0.25, 0.3) is 6.08 Å². The van der Waals surface area contributed by atoms with Crippen LogP contribution in [-0.4, -0.2) is 54.8 Å². The van der Waals surface area contributed by atoms with Crippen LogP contribution in [0.1, 0.15) is 12.5 Å². The highest BCUT2D eigenvalue weighted by Crippen LogP contribution is 2.34. The van der Waals surface area contributed by atoms with E-state index in [-0.39, 0.29) is 29.6 Å². The van der Waals surface area contributed by atoms with Crippen molar-refractivity contribution in [3.05, 3.63) is 58.3 Å². The zero-order valence-corrected chi connectivity index (χ0v) is 19.7. The van der Waals surface area contributed by atoms with Gasteiger partial charge in [-0.25, -0.2) is 18.0 Å². The number of hydrogen-bond donors (Lipinski definition) is 1. The predicted octanol–water partition coefficient (Wildman–Crippen LogP) is 3.73. The van der Waals surface area contributed by atoms with E-state index in [2.05, 4.69) is 4.74 Å². The topological polar surface area (TPSA) is 111 Å². The monoisotopic (exact) mass is 524 g/mol. The van der Waals surface area contributed by atoms with Crippen molar-refractivity contribution in [2.45, 2.75) is 6.92 Å². The molecule has 1 aliphatic rings. The lowest BCUT2D eigenvalue weighted by Crippen LogP contribution is -2.36. The Hall–Kier alpha value is -4.00. The van der Waals surface area contributed by atoms with Crippen molar-refractivity contribution >= 4 is 46.5 Å². The summed E-state index contributed by atoms with van der Waals surface area (Å²) in [5.74, 6) is -6.64. The van der Waals surface area contributed by atoms with Gasteiger partial charge in [0.05, 0.1) is 24.3 Å². The first-order valence-electron chi connectivity index (χ1n) is 10.3. The molecular weight excluding hydrogens is 505 g/mol. The summed E-state index contributed by atoms with van der Waals surface area (Å²) in [5.41, 5.74) is -0.179. The number of hydrogen-bond acceptors (Lipinski definition) is 8. The normalized spacial score (nSPS) is 14.2. The Morgan fingerprint density at radius 3 is 2.50 bits per heavy atom. The maximum atomic E-state index is 13.8. The van der Waals surface area contributed by atoms with Crippen molar-refractivity contribution in [3.8, 4) is 11.5 Å². The number of carbonyl (C=O) groups is 4. The fourth-order valence-corrected chi connectivity index (χ4v) is 3.78. The number of ether oxygens (including phenoxy) is 3. The van der Waals surface area contributed by atoms with Gasteiger partial charge in [-0.15, -0.1) is 0 Å². The van der Waals surface area contributed by atoms with E-state index in [4.69, 9.17) is 9.47 Å². The number of nitrogens with one attached hydrogen (secondary N) is 1. The van der Waals surface area contributed by atoms with Gasteiger partial charge in [-0.2, -0.15) is 0 Å². The third-order valence-electron chi connectivity index (χ3n) is 4.62. The minimum Gasteiger partial charge on any atom is -0.490 e. The Kier molecular flexibility index (Phi) is 8.59. The summed E-state index contributed by atoms with van der Waals surface area (Å²) in [5, 5.41) is 1.25. The highest BCUT2D eigenvalue weighted by atomic mass is 32.2. The fourth-order valence-electron chi connectivity index (χ4n) is 2.94. The first-order chi connectivity index (χ1) is 17.1. The largest absolute Gasteiger partial charge is 0.490 e. The zero-order valence-electron chi connectivity index (χ0n) is 18.9. The fraction of sp³-hybridized carbons (Fsp3) is 0.217. The third-order valence-corrected chi connectivity index (χ3v) is 5.53. The quantitative estimate of drug-likeness (QED) is 0.300. The van der Waals surface area contributed by atoms with Crippen molar-refractivity contribution in [2.75, 3.05) is 32.2 Å². The van der Waals surface area contributed by atoms with Crippen LogP contribution in [0.15, 0.2) is 35.2 Å². The van der Waals surface area contributed by atoms with Crippen molar-refractivity contribution in [1.82, 2.24) is 4.90 Å². The van der Waals surface area contributed by atoms with Crippen LogP contribution in [0.4, 0.5) is 23.7 Å². The number of thioether (sulfide) groups is 1. The molecule has 0 unspecified atom stereocenters. The van der Waals surface area contributed by atoms with Crippen molar-refractivity contribution < 1.29 is 46.6 Å². The Morgan fingerprint density at radius 1 is 1.06 bits per heavy atom. The molecule has 0 aromatic heterocycles. The summed E-state index contributed by atoms with van der Waals surface area (Å²) in [7, 11) is 1.22. The van der Waals surface area contributed by atoms with E-state index in [0.29, 0.717) is 28.3 Å². The molecule has 1 heterocycles. The van der Waals surface area contributed by atoms with Gasteiger partial charge in [0.15, 0.2) is 35.6 Å². The van der Waals surface area contributed by atoms with E-state index in [1.807, 2.05) is 5.32 Å². The molecule has 3 amide bonds. The second kappa shape index (κ2) is 11.6. The number of methoxy groups -OCH3 is 1. The lowest BCUT2D eigenvalue weighted by atomic mass is 10.2. The SMILES string of the molecule is CCOc1cc(/C=C2/SC(=O)N(CC(=O)Nc3ccc(F)c(F)c3F)C2=O)ccc1OCC(=O)OC. The molecule has 36 heavy (non-hydrogen) atoms. The minimum atomic E-state index is -1.77. The maximum Gasteiger partial charge on any atom is 0.343 e. The zero-order chi connectivity index (χ0) is 26.4. The van der Waals surface area contributed by atoms with Crippen molar-refractivity contribution in [3.63, 3.8) is 0 Å². The van der Waals surface area contributed by atoms with Crippen LogP contribution in [0.2, 0.25) is 0 Å². The van der Waals surface area contributed by atoms with Crippen LogP contribution in [-0.2, 0) is 19.1 Å². The van der Waals surface area contributed by atoms with Gasteiger partial charge in [-0.05, 0) is 54.6 Å². The number of anilines is 1. The number of rotatable bonds is 9. The standard InChI is InChI=1S/C23H19F3N2O7S/c1-3-34-16-8-12(4-7-15(16)35-11-19(30)33-2)9-17-22(31)28(23(32)36-17)10-18(29)27-14-6-5-13(24)20(25)21(14)26/h4-9H,3,10-11H2,1-2H3,(H,27,29)/b17-9+. The van der Waals surface area contributed by atoms with Gasteiger partial charge in [0.2, 0.25) is 5.91 Å². The van der Waals surface area contributed by atoms with Crippen LogP contribution in [0, 0.1) is 17.5 Å². The third kappa shape index (κ3) is 6.16. The van der Waals surface area contributed by atoms with Gasteiger partial charge in [0.25, 0.3) is 11.1 Å². The molecule has 0 aliphatic carbocycles. The van der Waals surface area contributed by atoms with Crippen molar-refractivity contribution in [2.24, 2.45) is 0 Å². The summed E-state index contributed by atoms with van der Waals surface area (Å²) >= 11 is 0.575. The van der Waals surface area contributed by atoms with E-state index in [1.54, 1.807) is 13.0 Å². The van der Waals surface area contributed by atoms with Gasteiger partial charge < -0.3 is 19.5 Å². The second-order valence-corrected chi connectivity index (χ2v) is 8.04. The van der Waals surface area contributed by atoms with Crippen LogP contribution in [0.5, 0.6) is 11.5 Å². The van der Waals surface area contributed by atoms with Gasteiger partial charge in [0.1, 0.15) is 6.54 Å². The highest BCUT2D eigenvalue weighted by Gasteiger charge is 2.36. The Bertz CT molecular complexity index is 1250. The minimum absolute atomic E-state index is 0.00233. The van der Waals surface area contributed by atoms with Gasteiger partial charge in [-0.3, -0.25) is 19.3 Å². The summed E-state index contributed by atoms with van der Waals surface area (Å²) in [6.07, 6.45) is 1.39. The molecule has 0 saturated carbocycles. The number of nitrogens with zero attached hydrogens (tertiary/aromatic N) is 1. The van der Waals surface area contributed by atoms with Crippen LogP contribution >= 0.6 is 11.8 Å². The smallest absolute Gasteiger partial charge is 0.343 e. The Labute approximate surface area is 207 Å². The van der Waals surface area contributed by atoms with Crippen molar-refractivity contribution in [1.29, 1.82) is 0 Å². The Balaban J connectivity index is 1.73. The van der Waals surface area contributed by atoms with E-state index < -0.39 is 52.7 Å². The average molecular weight is 524 g/mol. The first kappa shape index (κ1) is 26.6. The molecule has 1 N–H and O–H groups in total. The summed E-state index contributed by atoms with van der Waals surface area (Å²) in [6, 6.07) is 6.03. The second-order valence-electron chi connectivity index (χ2n) is 7.04. The molecule has 1 saturated heterocycles. The molecule has 13 heteroatoms. The number of benzene rings is 2. The molecule has 1 aliphatic heterocycles. The Morgan fingerprint density at radius 2 is 1.81 bits per heavy atom. The number of imide groups is 1.